The number of anilines is 2. The molecule has 0 aliphatic heterocycles. The van der Waals surface area contributed by atoms with Crippen LogP contribution in [-0.2, 0) is 16.6 Å². The third-order valence-electron chi connectivity index (χ3n) is 2.56. The van der Waals surface area contributed by atoms with E-state index in [0.717, 1.165) is 5.56 Å². The number of aromatic nitrogens is 1. The lowest BCUT2D eigenvalue weighted by Crippen LogP contribution is -2.13. The van der Waals surface area contributed by atoms with Crippen molar-refractivity contribution in [2.45, 2.75) is 11.4 Å². The molecule has 1 heterocycles. The Morgan fingerprint density at radius 3 is 2.68 bits per heavy atom. The summed E-state index contributed by atoms with van der Waals surface area (Å²) in [6, 6.07) is 8.02. The van der Waals surface area contributed by atoms with Crippen LogP contribution in [0, 0.1) is 0 Å². The first-order valence-electron chi connectivity index (χ1n) is 5.52. The van der Waals surface area contributed by atoms with Gasteiger partial charge in [0, 0.05) is 18.9 Å². The normalized spacial score (nSPS) is 11.2. The van der Waals surface area contributed by atoms with E-state index in [2.05, 4.69) is 10.3 Å². The van der Waals surface area contributed by atoms with Gasteiger partial charge in [0.2, 0.25) is 10.0 Å². The Morgan fingerprint density at radius 1 is 1.26 bits per heavy atom. The van der Waals surface area contributed by atoms with Gasteiger partial charge in [0.25, 0.3) is 0 Å². The Morgan fingerprint density at radius 2 is 2.05 bits per heavy atom. The lowest BCUT2D eigenvalue weighted by molar-refractivity contribution is 0.598. The molecule has 0 atom stereocenters. The molecule has 2 aromatic rings. The fourth-order valence-electron chi connectivity index (χ4n) is 1.57. The third kappa shape index (κ3) is 3.43. The molecule has 0 saturated heterocycles. The Bertz CT molecular complexity index is 671. The first kappa shape index (κ1) is 13.3. The number of primary sulfonamides is 1. The zero-order valence-electron chi connectivity index (χ0n) is 10.1. The minimum Gasteiger partial charge on any atom is -0.397 e. The maximum absolute atomic E-state index is 11.3. The highest BCUT2D eigenvalue weighted by atomic mass is 32.2. The van der Waals surface area contributed by atoms with Crippen molar-refractivity contribution >= 4 is 21.4 Å². The van der Waals surface area contributed by atoms with E-state index in [1.807, 2.05) is 12.1 Å². The van der Waals surface area contributed by atoms with Crippen LogP contribution in [0.4, 0.5) is 11.4 Å². The Labute approximate surface area is 111 Å². The zero-order valence-corrected chi connectivity index (χ0v) is 10.9. The number of nitrogens with one attached hydrogen (secondary N) is 1. The van der Waals surface area contributed by atoms with E-state index in [9.17, 15) is 8.42 Å². The summed E-state index contributed by atoms with van der Waals surface area (Å²) in [6.45, 7) is 0.492. The second-order valence-corrected chi connectivity index (χ2v) is 5.57. The van der Waals surface area contributed by atoms with Gasteiger partial charge in [-0.05, 0) is 29.8 Å². The fourth-order valence-corrected chi connectivity index (χ4v) is 2.11. The van der Waals surface area contributed by atoms with Crippen molar-refractivity contribution in [3.8, 4) is 0 Å². The third-order valence-corrected chi connectivity index (χ3v) is 3.47. The molecular formula is C12H14N4O2S. The summed E-state index contributed by atoms with van der Waals surface area (Å²) in [5, 5.41) is 8.13. The molecule has 1 aromatic carbocycles. The second kappa shape index (κ2) is 5.25. The van der Waals surface area contributed by atoms with E-state index in [1.54, 1.807) is 12.4 Å². The summed E-state index contributed by atoms with van der Waals surface area (Å²) < 4.78 is 22.5. The van der Waals surface area contributed by atoms with Crippen LogP contribution in [0.25, 0.3) is 0 Å². The Hall–Kier alpha value is -2.12. The largest absolute Gasteiger partial charge is 0.397 e. The number of sulfonamides is 1. The molecule has 7 heteroatoms. The number of nitrogens with zero attached hydrogens (tertiary/aromatic N) is 1. The Kier molecular flexibility index (Phi) is 3.68. The highest BCUT2D eigenvalue weighted by Crippen LogP contribution is 2.22. The van der Waals surface area contributed by atoms with E-state index >= 15 is 0 Å². The first-order chi connectivity index (χ1) is 8.97. The molecule has 2 rings (SSSR count). The summed E-state index contributed by atoms with van der Waals surface area (Å²) in [5.74, 6) is 0. The number of hydrogen-bond acceptors (Lipinski definition) is 5. The number of benzene rings is 1. The molecule has 0 fully saturated rings. The minimum atomic E-state index is -3.73. The Balaban J connectivity index is 2.21. The summed E-state index contributed by atoms with van der Waals surface area (Å²) in [6.07, 6.45) is 3.40. The van der Waals surface area contributed by atoms with Crippen LogP contribution < -0.4 is 16.2 Å². The summed E-state index contributed by atoms with van der Waals surface area (Å²) in [4.78, 5) is 4.01. The lowest BCUT2D eigenvalue weighted by atomic mass is 10.2. The SMILES string of the molecule is Nc1ccc(S(N)(=O)=O)cc1NCc1cccnc1. The van der Waals surface area contributed by atoms with E-state index in [-0.39, 0.29) is 4.90 Å². The minimum absolute atomic E-state index is 0.0235. The molecule has 0 aliphatic carbocycles. The van der Waals surface area contributed by atoms with E-state index in [0.29, 0.717) is 17.9 Å². The van der Waals surface area contributed by atoms with Gasteiger partial charge in [0.15, 0.2) is 0 Å². The number of nitrogens with two attached hydrogens (primary N) is 2. The van der Waals surface area contributed by atoms with Crippen molar-refractivity contribution < 1.29 is 8.42 Å². The maximum atomic E-state index is 11.3. The van der Waals surface area contributed by atoms with Crippen molar-refractivity contribution in [1.82, 2.24) is 4.98 Å². The smallest absolute Gasteiger partial charge is 0.238 e. The van der Waals surface area contributed by atoms with Crippen LogP contribution in [0.5, 0.6) is 0 Å². The summed E-state index contributed by atoms with van der Waals surface area (Å²) >= 11 is 0. The van der Waals surface area contributed by atoms with Gasteiger partial charge in [-0.3, -0.25) is 4.98 Å². The van der Waals surface area contributed by atoms with Crippen LogP contribution in [0.3, 0.4) is 0 Å². The monoisotopic (exact) mass is 278 g/mol. The van der Waals surface area contributed by atoms with Gasteiger partial charge >= 0.3 is 0 Å². The first-order valence-corrected chi connectivity index (χ1v) is 7.06. The van der Waals surface area contributed by atoms with Crippen molar-refractivity contribution in [2.24, 2.45) is 5.14 Å². The molecule has 0 radical (unpaired) electrons. The average Bonchev–Trinajstić information content (AvgIpc) is 2.37. The summed E-state index contributed by atoms with van der Waals surface area (Å²) in [5.41, 5.74) is 7.72. The lowest BCUT2D eigenvalue weighted by Gasteiger charge is -2.10. The topological polar surface area (TPSA) is 111 Å². The molecule has 6 nitrogen and oxygen atoms in total. The molecular weight excluding hydrogens is 264 g/mol. The standard InChI is InChI=1S/C12H14N4O2S/c13-11-4-3-10(19(14,17)18)6-12(11)16-8-9-2-1-5-15-7-9/h1-7,16H,8,13H2,(H2,14,17,18). The molecule has 100 valence electrons. The quantitative estimate of drug-likeness (QED) is 0.720. The maximum Gasteiger partial charge on any atom is 0.238 e. The van der Waals surface area contributed by atoms with Gasteiger partial charge in [-0.1, -0.05) is 6.07 Å². The van der Waals surface area contributed by atoms with E-state index < -0.39 is 10.0 Å². The van der Waals surface area contributed by atoms with E-state index in [1.165, 1.54) is 18.2 Å². The van der Waals surface area contributed by atoms with Gasteiger partial charge < -0.3 is 11.1 Å². The molecule has 19 heavy (non-hydrogen) atoms. The molecule has 0 amide bonds. The van der Waals surface area contributed by atoms with Crippen LogP contribution in [0.2, 0.25) is 0 Å². The molecule has 1 aromatic heterocycles. The second-order valence-electron chi connectivity index (χ2n) is 4.01. The van der Waals surface area contributed by atoms with Crippen LogP contribution >= 0.6 is 0 Å². The van der Waals surface area contributed by atoms with E-state index in [4.69, 9.17) is 10.9 Å². The molecule has 0 bridgehead atoms. The van der Waals surface area contributed by atoms with Gasteiger partial charge in [-0.15, -0.1) is 0 Å². The number of hydrogen-bond donors (Lipinski definition) is 3. The van der Waals surface area contributed by atoms with Gasteiger partial charge in [-0.25, -0.2) is 13.6 Å². The number of nitrogen functional groups attached to an aromatic ring is 1. The average molecular weight is 278 g/mol. The van der Waals surface area contributed by atoms with Crippen LogP contribution in [0.15, 0.2) is 47.6 Å². The molecule has 5 N–H and O–H groups in total. The molecule has 0 aliphatic rings. The highest BCUT2D eigenvalue weighted by molar-refractivity contribution is 7.89. The van der Waals surface area contributed by atoms with Crippen molar-refractivity contribution in [3.05, 3.63) is 48.3 Å². The fraction of sp³-hybridized carbons (Fsp3) is 0.0833. The van der Waals surface area contributed by atoms with Crippen LogP contribution in [0.1, 0.15) is 5.56 Å². The summed E-state index contributed by atoms with van der Waals surface area (Å²) in [7, 11) is -3.73. The van der Waals surface area contributed by atoms with Crippen LogP contribution in [-0.4, -0.2) is 13.4 Å². The highest BCUT2D eigenvalue weighted by Gasteiger charge is 2.10. The van der Waals surface area contributed by atoms with Crippen molar-refractivity contribution in [1.29, 1.82) is 0 Å². The number of pyridine rings is 1. The zero-order chi connectivity index (χ0) is 13.9. The predicted molar refractivity (Wildman–Crippen MR) is 73.8 cm³/mol. The molecule has 0 spiro atoms. The molecule has 0 unspecified atom stereocenters. The number of rotatable bonds is 4. The van der Waals surface area contributed by atoms with Gasteiger partial charge in [-0.2, -0.15) is 0 Å². The van der Waals surface area contributed by atoms with Gasteiger partial charge in [0.1, 0.15) is 0 Å². The van der Waals surface area contributed by atoms with Crippen molar-refractivity contribution in [2.75, 3.05) is 11.1 Å². The van der Waals surface area contributed by atoms with Crippen molar-refractivity contribution in [3.63, 3.8) is 0 Å². The predicted octanol–water partition coefficient (Wildman–Crippen LogP) is 0.923. The molecule has 0 saturated carbocycles. The van der Waals surface area contributed by atoms with Gasteiger partial charge in [0.05, 0.1) is 16.3 Å².